The summed E-state index contributed by atoms with van der Waals surface area (Å²) in [5.74, 6) is 0.0251. The van der Waals surface area contributed by atoms with Crippen molar-refractivity contribution < 1.29 is 4.79 Å². The van der Waals surface area contributed by atoms with Crippen LogP contribution in [0.5, 0.6) is 0 Å². The molecule has 1 aliphatic heterocycles. The van der Waals surface area contributed by atoms with Crippen LogP contribution in [-0.2, 0) is 6.54 Å². The van der Waals surface area contributed by atoms with Crippen molar-refractivity contribution in [3.63, 3.8) is 0 Å². The molecule has 0 aromatic carbocycles. The first-order chi connectivity index (χ1) is 9.20. The highest BCUT2D eigenvalue weighted by molar-refractivity contribution is 9.10. The SMILES string of the molecule is CCCn1cc(Br)cc1C(=O)NCCC1CCCN1. The minimum absolute atomic E-state index is 0.0251. The van der Waals surface area contributed by atoms with Gasteiger partial charge in [-0.25, -0.2) is 0 Å². The summed E-state index contributed by atoms with van der Waals surface area (Å²) in [5, 5.41) is 6.46. The van der Waals surface area contributed by atoms with Gasteiger partial charge in [-0.05, 0) is 54.2 Å². The molecule has 1 unspecified atom stereocenters. The molecule has 2 heterocycles. The molecule has 0 aliphatic carbocycles. The molecule has 2 rings (SSSR count). The topological polar surface area (TPSA) is 46.1 Å². The lowest BCUT2D eigenvalue weighted by atomic mass is 10.1. The van der Waals surface area contributed by atoms with E-state index in [4.69, 9.17) is 0 Å². The standard InChI is InChI=1S/C14H22BrN3O/c1-2-8-18-10-11(15)9-13(18)14(19)17-7-5-12-4-3-6-16-12/h9-10,12,16H,2-8H2,1H3,(H,17,19). The Balaban J connectivity index is 1.84. The van der Waals surface area contributed by atoms with Gasteiger partial charge in [-0.15, -0.1) is 0 Å². The molecule has 5 heteroatoms. The summed E-state index contributed by atoms with van der Waals surface area (Å²) in [5.41, 5.74) is 0.744. The van der Waals surface area contributed by atoms with Gasteiger partial charge >= 0.3 is 0 Å². The van der Waals surface area contributed by atoms with Crippen LogP contribution in [0.4, 0.5) is 0 Å². The van der Waals surface area contributed by atoms with E-state index in [1.807, 2.05) is 16.8 Å². The Bertz CT molecular complexity index is 424. The molecule has 1 aliphatic rings. The van der Waals surface area contributed by atoms with Crippen LogP contribution < -0.4 is 10.6 Å². The van der Waals surface area contributed by atoms with Crippen molar-refractivity contribution in [1.29, 1.82) is 0 Å². The Labute approximate surface area is 123 Å². The molecule has 1 fully saturated rings. The Hall–Kier alpha value is -0.810. The van der Waals surface area contributed by atoms with Gasteiger partial charge in [0, 0.05) is 29.8 Å². The number of rotatable bonds is 6. The maximum atomic E-state index is 12.2. The monoisotopic (exact) mass is 327 g/mol. The lowest BCUT2D eigenvalue weighted by Crippen LogP contribution is -2.31. The Morgan fingerprint density at radius 1 is 1.63 bits per heavy atom. The number of nitrogens with zero attached hydrogens (tertiary/aromatic N) is 1. The first kappa shape index (κ1) is 14.6. The minimum atomic E-state index is 0.0251. The number of aryl methyl sites for hydroxylation is 1. The Morgan fingerprint density at radius 3 is 3.16 bits per heavy atom. The van der Waals surface area contributed by atoms with Gasteiger partial charge in [0.1, 0.15) is 5.69 Å². The molecular formula is C14H22BrN3O. The molecule has 4 nitrogen and oxygen atoms in total. The van der Waals surface area contributed by atoms with E-state index in [1.165, 1.54) is 12.8 Å². The molecule has 19 heavy (non-hydrogen) atoms. The molecule has 0 bridgehead atoms. The smallest absolute Gasteiger partial charge is 0.267 e. The van der Waals surface area contributed by atoms with Crippen LogP contribution in [0.15, 0.2) is 16.7 Å². The number of halogens is 1. The molecule has 2 N–H and O–H groups in total. The van der Waals surface area contributed by atoms with Crippen LogP contribution >= 0.6 is 15.9 Å². The summed E-state index contributed by atoms with van der Waals surface area (Å²) in [4.78, 5) is 12.2. The molecular weight excluding hydrogens is 306 g/mol. The third-order valence-corrected chi connectivity index (χ3v) is 3.93. The van der Waals surface area contributed by atoms with Gasteiger partial charge in [0.25, 0.3) is 5.91 Å². The van der Waals surface area contributed by atoms with E-state index in [-0.39, 0.29) is 5.91 Å². The molecule has 1 saturated heterocycles. The third-order valence-electron chi connectivity index (χ3n) is 3.50. The number of hydrogen-bond acceptors (Lipinski definition) is 2. The van der Waals surface area contributed by atoms with Crippen molar-refractivity contribution in [3.8, 4) is 0 Å². The van der Waals surface area contributed by atoms with Crippen LogP contribution in [-0.4, -0.2) is 29.6 Å². The number of aromatic nitrogens is 1. The summed E-state index contributed by atoms with van der Waals surface area (Å²) < 4.78 is 2.97. The number of amides is 1. The van der Waals surface area contributed by atoms with E-state index in [9.17, 15) is 4.79 Å². The Morgan fingerprint density at radius 2 is 2.47 bits per heavy atom. The maximum absolute atomic E-state index is 12.2. The minimum Gasteiger partial charge on any atom is -0.351 e. The van der Waals surface area contributed by atoms with Crippen molar-refractivity contribution in [2.75, 3.05) is 13.1 Å². The predicted octanol–water partition coefficient (Wildman–Crippen LogP) is 2.53. The van der Waals surface area contributed by atoms with Crippen LogP contribution in [0.25, 0.3) is 0 Å². The average molecular weight is 328 g/mol. The van der Waals surface area contributed by atoms with Gasteiger partial charge in [-0.2, -0.15) is 0 Å². The maximum Gasteiger partial charge on any atom is 0.267 e. The second-order valence-electron chi connectivity index (χ2n) is 5.07. The van der Waals surface area contributed by atoms with E-state index in [1.54, 1.807) is 0 Å². The first-order valence-electron chi connectivity index (χ1n) is 7.08. The molecule has 0 spiro atoms. The molecule has 1 atom stereocenters. The van der Waals surface area contributed by atoms with Crippen LogP contribution in [0, 0.1) is 0 Å². The number of nitrogens with one attached hydrogen (secondary N) is 2. The fraction of sp³-hybridized carbons (Fsp3) is 0.643. The molecule has 1 aromatic rings. The van der Waals surface area contributed by atoms with Crippen molar-refractivity contribution in [2.45, 2.75) is 45.2 Å². The number of carbonyl (C=O) groups excluding carboxylic acids is 1. The van der Waals surface area contributed by atoms with Crippen LogP contribution in [0.3, 0.4) is 0 Å². The highest BCUT2D eigenvalue weighted by Crippen LogP contribution is 2.15. The van der Waals surface area contributed by atoms with Crippen LogP contribution in [0.2, 0.25) is 0 Å². The van der Waals surface area contributed by atoms with E-state index in [2.05, 4.69) is 33.5 Å². The molecule has 0 saturated carbocycles. The quantitative estimate of drug-likeness (QED) is 0.843. The van der Waals surface area contributed by atoms with Crippen molar-refractivity contribution in [1.82, 2.24) is 15.2 Å². The zero-order chi connectivity index (χ0) is 13.7. The van der Waals surface area contributed by atoms with Crippen molar-refractivity contribution in [3.05, 3.63) is 22.4 Å². The second kappa shape index (κ2) is 7.10. The van der Waals surface area contributed by atoms with E-state index >= 15 is 0 Å². The molecule has 1 aromatic heterocycles. The molecule has 1 amide bonds. The summed E-state index contributed by atoms with van der Waals surface area (Å²) in [6.07, 6.45) is 6.49. The fourth-order valence-electron chi connectivity index (χ4n) is 2.54. The lowest BCUT2D eigenvalue weighted by Gasteiger charge is -2.12. The zero-order valence-electron chi connectivity index (χ0n) is 11.4. The van der Waals surface area contributed by atoms with Crippen molar-refractivity contribution in [2.24, 2.45) is 0 Å². The molecule has 0 radical (unpaired) electrons. The van der Waals surface area contributed by atoms with Gasteiger partial charge in [-0.1, -0.05) is 6.92 Å². The highest BCUT2D eigenvalue weighted by atomic mass is 79.9. The zero-order valence-corrected chi connectivity index (χ0v) is 13.0. The van der Waals surface area contributed by atoms with E-state index in [0.29, 0.717) is 6.04 Å². The normalized spacial score (nSPS) is 18.7. The summed E-state index contributed by atoms with van der Waals surface area (Å²) >= 11 is 3.43. The average Bonchev–Trinajstić information content (AvgIpc) is 2.99. The van der Waals surface area contributed by atoms with Gasteiger partial charge in [0.15, 0.2) is 0 Å². The second-order valence-corrected chi connectivity index (χ2v) is 5.99. The Kier molecular flexibility index (Phi) is 5.45. The largest absolute Gasteiger partial charge is 0.351 e. The van der Waals surface area contributed by atoms with Gasteiger partial charge in [0.2, 0.25) is 0 Å². The van der Waals surface area contributed by atoms with E-state index < -0.39 is 0 Å². The summed E-state index contributed by atoms with van der Waals surface area (Å²) in [6.45, 7) is 4.84. The number of hydrogen-bond donors (Lipinski definition) is 2. The predicted molar refractivity (Wildman–Crippen MR) is 80.4 cm³/mol. The number of carbonyl (C=O) groups is 1. The summed E-state index contributed by atoms with van der Waals surface area (Å²) in [7, 11) is 0. The van der Waals surface area contributed by atoms with Gasteiger partial charge < -0.3 is 15.2 Å². The van der Waals surface area contributed by atoms with Gasteiger partial charge in [0.05, 0.1) is 0 Å². The van der Waals surface area contributed by atoms with Crippen molar-refractivity contribution >= 4 is 21.8 Å². The lowest BCUT2D eigenvalue weighted by molar-refractivity contribution is 0.0943. The first-order valence-corrected chi connectivity index (χ1v) is 7.87. The fourth-order valence-corrected chi connectivity index (χ4v) is 3.01. The highest BCUT2D eigenvalue weighted by Gasteiger charge is 2.15. The molecule has 106 valence electrons. The van der Waals surface area contributed by atoms with Gasteiger partial charge in [-0.3, -0.25) is 4.79 Å². The van der Waals surface area contributed by atoms with E-state index in [0.717, 1.165) is 42.6 Å². The summed E-state index contributed by atoms with van der Waals surface area (Å²) in [6, 6.07) is 2.47. The third kappa shape index (κ3) is 4.08. The van der Waals surface area contributed by atoms with Crippen LogP contribution in [0.1, 0.15) is 43.1 Å².